The van der Waals surface area contributed by atoms with Crippen LogP contribution in [0.5, 0.6) is 0 Å². The van der Waals surface area contributed by atoms with Crippen LogP contribution in [0.25, 0.3) is 0 Å². The van der Waals surface area contributed by atoms with Gasteiger partial charge in [-0.05, 0) is 34.0 Å². The van der Waals surface area contributed by atoms with E-state index < -0.39 is 0 Å². The Hall–Kier alpha value is -1.00. The maximum atomic E-state index is 4.16. The summed E-state index contributed by atoms with van der Waals surface area (Å²) in [6.45, 7) is 6.14. The van der Waals surface area contributed by atoms with Gasteiger partial charge in [-0.1, -0.05) is 0 Å². The highest BCUT2D eigenvalue weighted by molar-refractivity contribution is 4.97. The molecule has 0 fully saturated rings. The van der Waals surface area contributed by atoms with Gasteiger partial charge in [0.2, 0.25) is 0 Å². The fourth-order valence-corrected chi connectivity index (χ4v) is 1.08. The first-order chi connectivity index (χ1) is 7.02. The second kappa shape index (κ2) is 5.19. The van der Waals surface area contributed by atoms with Crippen molar-refractivity contribution in [1.29, 1.82) is 0 Å². The lowest BCUT2D eigenvalue weighted by Crippen LogP contribution is -2.46. The summed E-state index contributed by atoms with van der Waals surface area (Å²) in [6.07, 6.45) is 3.34. The quantitative estimate of drug-likeness (QED) is 0.781. The number of nitrogens with one attached hydrogen (secondary N) is 1. The Labute approximate surface area is 91.7 Å². The van der Waals surface area contributed by atoms with Crippen LogP contribution in [0.4, 0.5) is 0 Å². The SMILES string of the molecule is CN(C)C(C)(C)CNCc1ccncn1. The Bertz CT molecular complexity index is 282. The number of rotatable bonds is 5. The predicted octanol–water partition coefficient (Wildman–Crippen LogP) is 0.906. The Morgan fingerprint density at radius 3 is 2.67 bits per heavy atom. The van der Waals surface area contributed by atoms with E-state index in [0.29, 0.717) is 0 Å². The molecule has 4 nitrogen and oxygen atoms in total. The molecule has 84 valence electrons. The van der Waals surface area contributed by atoms with Gasteiger partial charge in [0.05, 0.1) is 5.69 Å². The van der Waals surface area contributed by atoms with E-state index in [4.69, 9.17) is 0 Å². The average Bonchev–Trinajstić information content (AvgIpc) is 2.19. The summed E-state index contributed by atoms with van der Waals surface area (Å²) in [7, 11) is 4.18. The molecule has 1 heterocycles. The Morgan fingerprint density at radius 2 is 2.13 bits per heavy atom. The third-order valence-corrected chi connectivity index (χ3v) is 2.72. The minimum Gasteiger partial charge on any atom is -0.309 e. The lowest BCUT2D eigenvalue weighted by atomic mass is 10.0. The number of nitrogens with zero attached hydrogens (tertiary/aromatic N) is 3. The van der Waals surface area contributed by atoms with E-state index in [1.807, 2.05) is 6.07 Å². The van der Waals surface area contributed by atoms with Gasteiger partial charge in [-0.2, -0.15) is 0 Å². The summed E-state index contributed by atoms with van der Waals surface area (Å²) >= 11 is 0. The van der Waals surface area contributed by atoms with E-state index >= 15 is 0 Å². The van der Waals surface area contributed by atoms with Crippen LogP contribution in [-0.2, 0) is 6.54 Å². The number of likely N-dealkylation sites (N-methyl/N-ethyl adjacent to an activating group) is 1. The van der Waals surface area contributed by atoms with E-state index in [0.717, 1.165) is 18.8 Å². The van der Waals surface area contributed by atoms with E-state index in [9.17, 15) is 0 Å². The van der Waals surface area contributed by atoms with Gasteiger partial charge in [0.25, 0.3) is 0 Å². The first-order valence-corrected chi connectivity index (χ1v) is 5.15. The minimum atomic E-state index is 0.160. The lowest BCUT2D eigenvalue weighted by molar-refractivity contribution is 0.189. The Kier molecular flexibility index (Phi) is 4.17. The van der Waals surface area contributed by atoms with Crippen LogP contribution < -0.4 is 5.32 Å². The zero-order valence-corrected chi connectivity index (χ0v) is 9.99. The van der Waals surface area contributed by atoms with Gasteiger partial charge in [0.15, 0.2) is 0 Å². The first-order valence-electron chi connectivity index (χ1n) is 5.15. The van der Waals surface area contributed by atoms with E-state index in [1.165, 1.54) is 0 Å². The number of hydrogen-bond acceptors (Lipinski definition) is 4. The molecule has 0 aromatic carbocycles. The summed E-state index contributed by atoms with van der Waals surface area (Å²) in [4.78, 5) is 10.2. The minimum absolute atomic E-state index is 0.160. The largest absolute Gasteiger partial charge is 0.309 e. The van der Waals surface area contributed by atoms with Crippen molar-refractivity contribution in [2.45, 2.75) is 25.9 Å². The normalized spacial score (nSPS) is 12.1. The molecule has 0 bridgehead atoms. The molecule has 0 saturated carbocycles. The molecule has 1 N–H and O–H groups in total. The number of hydrogen-bond donors (Lipinski definition) is 1. The monoisotopic (exact) mass is 208 g/mol. The van der Waals surface area contributed by atoms with Crippen LogP contribution in [0.15, 0.2) is 18.6 Å². The molecule has 0 radical (unpaired) electrons. The maximum absolute atomic E-state index is 4.16. The second-order valence-electron chi connectivity index (χ2n) is 4.51. The number of aromatic nitrogens is 2. The highest BCUT2D eigenvalue weighted by Crippen LogP contribution is 2.07. The smallest absolute Gasteiger partial charge is 0.115 e. The molecule has 1 aromatic rings. The van der Waals surface area contributed by atoms with Gasteiger partial charge >= 0.3 is 0 Å². The standard InChI is InChI=1S/C11H20N4/c1-11(2,15(3)4)8-13-7-10-5-6-12-9-14-10/h5-6,9,13H,7-8H2,1-4H3. The van der Waals surface area contributed by atoms with Crippen LogP contribution in [0, 0.1) is 0 Å². The molecule has 0 atom stereocenters. The summed E-state index contributed by atoms with van der Waals surface area (Å²) < 4.78 is 0. The van der Waals surface area contributed by atoms with Gasteiger partial charge in [0, 0.05) is 24.8 Å². The highest BCUT2D eigenvalue weighted by Gasteiger charge is 2.19. The second-order valence-corrected chi connectivity index (χ2v) is 4.51. The van der Waals surface area contributed by atoms with Crippen LogP contribution in [0.3, 0.4) is 0 Å². The fourth-order valence-electron chi connectivity index (χ4n) is 1.08. The molecule has 0 aliphatic rings. The van der Waals surface area contributed by atoms with Crippen molar-refractivity contribution in [1.82, 2.24) is 20.2 Å². The van der Waals surface area contributed by atoms with Crippen molar-refractivity contribution >= 4 is 0 Å². The van der Waals surface area contributed by atoms with Crippen molar-refractivity contribution in [3.63, 3.8) is 0 Å². The predicted molar refractivity (Wildman–Crippen MR) is 61.5 cm³/mol. The summed E-state index contributed by atoms with van der Waals surface area (Å²) in [5.41, 5.74) is 1.19. The Morgan fingerprint density at radius 1 is 1.40 bits per heavy atom. The molecule has 0 aliphatic heterocycles. The third-order valence-electron chi connectivity index (χ3n) is 2.72. The first kappa shape index (κ1) is 12.1. The molecule has 15 heavy (non-hydrogen) atoms. The van der Waals surface area contributed by atoms with Crippen molar-refractivity contribution in [2.24, 2.45) is 0 Å². The topological polar surface area (TPSA) is 41.0 Å². The van der Waals surface area contributed by atoms with Crippen molar-refractivity contribution in [3.05, 3.63) is 24.3 Å². The lowest BCUT2D eigenvalue weighted by Gasteiger charge is -2.32. The molecular weight excluding hydrogens is 188 g/mol. The Balaban J connectivity index is 2.34. The van der Waals surface area contributed by atoms with Gasteiger partial charge in [-0.25, -0.2) is 9.97 Å². The van der Waals surface area contributed by atoms with Gasteiger partial charge in [-0.3, -0.25) is 0 Å². The van der Waals surface area contributed by atoms with E-state index in [-0.39, 0.29) is 5.54 Å². The van der Waals surface area contributed by atoms with Gasteiger partial charge in [0.1, 0.15) is 6.33 Å². The van der Waals surface area contributed by atoms with Crippen LogP contribution in [0.1, 0.15) is 19.5 Å². The summed E-state index contributed by atoms with van der Waals surface area (Å²) in [6, 6.07) is 1.93. The maximum Gasteiger partial charge on any atom is 0.115 e. The summed E-state index contributed by atoms with van der Waals surface area (Å²) in [5, 5.41) is 3.39. The molecule has 4 heteroatoms. The third kappa shape index (κ3) is 3.93. The van der Waals surface area contributed by atoms with E-state index in [2.05, 4.69) is 48.1 Å². The molecule has 1 rings (SSSR count). The van der Waals surface area contributed by atoms with Gasteiger partial charge < -0.3 is 10.2 Å². The summed E-state index contributed by atoms with van der Waals surface area (Å²) in [5.74, 6) is 0. The molecule has 1 aromatic heterocycles. The molecule has 0 amide bonds. The molecule has 0 saturated heterocycles. The van der Waals surface area contributed by atoms with Crippen LogP contribution in [-0.4, -0.2) is 41.0 Å². The average molecular weight is 208 g/mol. The zero-order chi connectivity index (χ0) is 11.3. The highest BCUT2D eigenvalue weighted by atomic mass is 15.2. The van der Waals surface area contributed by atoms with Crippen molar-refractivity contribution in [3.8, 4) is 0 Å². The molecule has 0 spiro atoms. The van der Waals surface area contributed by atoms with Crippen LogP contribution in [0.2, 0.25) is 0 Å². The fraction of sp³-hybridized carbons (Fsp3) is 0.636. The van der Waals surface area contributed by atoms with Crippen molar-refractivity contribution in [2.75, 3.05) is 20.6 Å². The van der Waals surface area contributed by atoms with Crippen molar-refractivity contribution < 1.29 is 0 Å². The van der Waals surface area contributed by atoms with Gasteiger partial charge in [-0.15, -0.1) is 0 Å². The zero-order valence-electron chi connectivity index (χ0n) is 9.99. The molecule has 0 unspecified atom stereocenters. The molecular formula is C11H20N4. The van der Waals surface area contributed by atoms with Crippen LogP contribution >= 0.6 is 0 Å². The van der Waals surface area contributed by atoms with E-state index in [1.54, 1.807) is 12.5 Å². The molecule has 0 aliphatic carbocycles.